The maximum Gasteiger partial charge on any atom is 0.308 e. The monoisotopic (exact) mass is 246 g/mol. The number of hydrogen-bond acceptors (Lipinski definition) is 2. The molecule has 0 spiro atoms. The van der Waals surface area contributed by atoms with Gasteiger partial charge in [0.1, 0.15) is 0 Å². The Hall–Kier alpha value is -1.57. The molecule has 0 saturated heterocycles. The largest absolute Gasteiger partial charge is 0.465 e. The molecule has 98 valence electrons. The molecule has 0 bridgehead atoms. The molecule has 0 aliphatic heterocycles. The summed E-state index contributed by atoms with van der Waals surface area (Å²) >= 11 is 0. The van der Waals surface area contributed by atoms with Crippen molar-refractivity contribution in [1.29, 1.82) is 0 Å². The van der Waals surface area contributed by atoms with Crippen molar-refractivity contribution in [1.82, 2.24) is 0 Å². The van der Waals surface area contributed by atoms with Crippen LogP contribution in [0.25, 0.3) is 5.57 Å². The number of esters is 1. The zero-order chi connectivity index (χ0) is 13.4. The zero-order valence-corrected chi connectivity index (χ0v) is 11.3. The Balaban J connectivity index is 2.42. The lowest BCUT2D eigenvalue weighted by molar-refractivity contribution is -0.147. The molecular weight excluding hydrogens is 224 g/mol. The van der Waals surface area contributed by atoms with Gasteiger partial charge in [0.15, 0.2) is 0 Å². The summed E-state index contributed by atoms with van der Waals surface area (Å²) in [5, 5.41) is 0. The predicted octanol–water partition coefficient (Wildman–Crippen LogP) is 4.07. The van der Waals surface area contributed by atoms with E-state index in [2.05, 4.69) is 13.5 Å². The van der Waals surface area contributed by atoms with Crippen LogP contribution in [0.2, 0.25) is 0 Å². The first-order valence-corrected chi connectivity index (χ1v) is 6.55. The summed E-state index contributed by atoms with van der Waals surface area (Å²) in [6.45, 7) is 8.53. The van der Waals surface area contributed by atoms with E-state index in [0.29, 0.717) is 13.0 Å². The second kappa shape index (κ2) is 7.70. The molecule has 1 rings (SSSR count). The van der Waals surface area contributed by atoms with E-state index in [4.69, 9.17) is 4.74 Å². The first-order chi connectivity index (χ1) is 8.65. The quantitative estimate of drug-likeness (QED) is 0.535. The standard InChI is InChI=1S/C16H22O2/c1-4-5-11-18-16(17)14(3)12-13(2)15-9-7-6-8-10-15/h6-10,14H,2,4-5,11-12H2,1,3H3. The Morgan fingerprint density at radius 2 is 2.00 bits per heavy atom. The van der Waals surface area contributed by atoms with Gasteiger partial charge in [-0.15, -0.1) is 0 Å². The van der Waals surface area contributed by atoms with Crippen LogP contribution >= 0.6 is 0 Å². The van der Waals surface area contributed by atoms with Gasteiger partial charge in [-0.3, -0.25) is 4.79 Å². The second-order valence-electron chi connectivity index (χ2n) is 4.60. The number of unbranched alkanes of at least 4 members (excludes halogenated alkanes) is 1. The Bertz CT molecular complexity index is 381. The molecule has 0 N–H and O–H groups in total. The molecule has 0 radical (unpaired) electrons. The fourth-order valence-electron chi connectivity index (χ4n) is 1.70. The van der Waals surface area contributed by atoms with E-state index in [0.717, 1.165) is 24.0 Å². The van der Waals surface area contributed by atoms with Gasteiger partial charge >= 0.3 is 5.97 Å². The normalized spacial score (nSPS) is 11.9. The topological polar surface area (TPSA) is 26.3 Å². The lowest BCUT2D eigenvalue weighted by Gasteiger charge is -2.13. The highest BCUT2D eigenvalue weighted by Crippen LogP contribution is 2.21. The van der Waals surface area contributed by atoms with E-state index in [9.17, 15) is 4.79 Å². The van der Waals surface area contributed by atoms with Crippen molar-refractivity contribution < 1.29 is 9.53 Å². The first kappa shape index (κ1) is 14.5. The minimum absolute atomic E-state index is 0.125. The van der Waals surface area contributed by atoms with Gasteiger partial charge in [0, 0.05) is 0 Å². The van der Waals surface area contributed by atoms with E-state index < -0.39 is 0 Å². The summed E-state index contributed by atoms with van der Waals surface area (Å²) in [6.07, 6.45) is 2.62. The van der Waals surface area contributed by atoms with Crippen molar-refractivity contribution in [3.05, 3.63) is 42.5 Å². The molecule has 0 aromatic heterocycles. The number of hydrogen-bond donors (Lipinski definition) is 0. The van der Waals surface area contributed by atoms with Gasteiger partial charge < -0.3 is 4.74 Å². The predicted molar refractivity (Wildman–Crippen MR) is 75.1 cm³/mol. The lowest BCUT2D eigenvalue weighted by atomic mass is 9.97. The Morgan fingerprint density at radius 3 is 2.61 bits per heavy atom. The van der Waals surface area contributed by atoms with E-state index in [1.54, 1.807) is 0 Å². The van der Waals surface area contributed by atoms with Crippen LogP contribution in [0.1, 0.15) is 38.7 Å². The van der Waals surface area contributed by atoms with Crippen LogP contribution in [-0.2, 0) is 9.53 Å². The van der Waals surface area contributed by atoms with Crippen LogP contribution < -0.4 is 0 Å². The van der Waals surface area contributed by atoms with Gasteiger partial charge in [-0.1, -0.05) is 57.2 Å². The highest BCUT2D eigenvalue weighted by atomic mass is 16.5. The molecule has 0 saturated carbocycles. The summed E-state index contributed by atoms with van der Waals surface area (Å²) in [5.41, 5.74) is 2.07. The van der Waals surface area contributed by atoms with Crippen LogP contribution in [0.5, 0.6) is 0 Å². The van der Waals surface area contributed by atoms with Crippen molar-refractivity contribution >= 4 is 11.5 Å². The number of ether oxygens (including phenoxy) is 1. The highest BCUT2D eigenvalue weighted by Gasteiger charge is 2.15. The molecule has 0 aliphatic carbocycles. The highest BCUT2D eigenvalue weighted by molar-refractivity contribution is 5.75. The SMILES string of the molecule is C=C(CC(C)C(=O)OCCCC)c1ccccc1. The van der Waals surface area contributed by atoms with Crippen molar-refractivity contribution in [2.45, 2.75) is 33.1 Å². The minimum Gasteiger partial charge on any atom is -0.465 e. The summed E-state index contributed by atoms with van der Waals surface area (Å²) in [6, 6.07) is 9.95. The molecule has 1 aromatic rings. The molecule has 1 aromatic carbocycles. The van der Waals surface area contributed by atoms with Crippen LogP contribution in [0.15, 0.2) is 36.9 Å². The van der Waals surface area contributed by atoms with Gasteiger partial charge in [-0.2, -0.15) is 0 Å². The minimum atomic E-state index is -0.130. The average Bonchev–Trinajstić information content (AvgIpc) is 2.39. The maximum atomic E-state index is 11.7. The van der Waals surface area contributed by atoms with Gasteiger partial charge in [0.2, 0.25) is 0 Å². The number of rotatable bonds is 7. The van der Waals surface area contributed by atoms with Gasteiger partial charge in [0.25, 0.3) is 0 Å². The third-order valence-corrected chi connectivity index (χ3v) is 2.88. The van der Waals surface area contributed by atoms with Gasteiger partial charge in [-0.05, 0) is 24.0 Å². The summed E-state index contributed by atoms with van der Waals surface area (Å²) in [5.74, 6) is -0.255. The average molecular weight is 246 g/mol. The first-order valence-electron chi connectivity index (χ1n) is 6.55. The van der Waals surface area contributed by atoms with E-state index in [1.165, 1.54) is 0 Å². The van der Waals surface area contributed by atoms with Crippen molar-refractivity contribution in [3.8, 4) is 0 Å². The van der Waals surface area contributed by atoms with Crippen LogP contribution in [0.3, 0.4) is 0 Å². The second-order valence-corrected chi connectivity index (χ2v) is 4.60. The maximum absolute atomic E-state index is 11.7. The number of benzene rings is 1. The van der Waals surface area contributed by atoms with Crippen molar-refractivity contribution in [2.24, 2.45) is 5.92 Å². The van der Waals surface area contributed by atoms with Gasteiger partial charge in [-0.25, -0.2) is 0 Å². The smallest absolute Gasteiger partial charge is 0.308 e. The molecule has 1 atom stereocenters. The van der Waals surface area contributed by atoms with Crippen molar-refractivity contribution in [3.63, 3.8) is 0 Å². The fourth-order valence-corrected chi connectivity index (χ4v) is 1.70. The zero-order valence-electron chi connectivity index (χ0n) is 11.3. The molecule has 1 unspecified atom stereocenters. The molecular formula is C16H22O2. The summed E-state index contributed by atoms with van der Waals surface area (Å²) in [4.78, 5) is 11.7. The number of allylic oxidation sites excluding steroid dienone is 1. The Morgan fingerprint density at radius 1 is 1.33 bits per heavy atom. The molecule has 0 aliphatic rings. The Kier molecular flexibility index (Phi) is 6.20. The third-order valence-electron chi connectivity index (χ3n) is 2.88. The lowest BCUT2D eigenvalue weighted by Crippen LogP contribution is -2.15. The van der Waals surface area contributed by atoms with Crippen LogP contribution in [0, 0.1) is 5.92 Å². The van der Waals surface area contributed by atoms with Crippen molar-refractivity contribution in [2.75, 3.05) is 6.61 Å². The Labute approximate surface area is 110 Å². The third kappa shape index (κ3) is 4.74. The molecule has 0 amide bonds. The summed E-state index contributed by atoms with van der Waals surface area (Å²) < 4.78 is 5.20. The number of carbonyl (C=O) groups excluding carboxylic acids is 1. The molecule has 18 heavy (non-hydrogen) atoms. The molecule has 0 heterocycles. The summed E-state index contributed by atoms with van der Waals surface area (Å²) in [7, 11) is 0. The number of carbonyl (C=O) groups is 1. The van der Waals surface area contributed by atoms with Crippen LogP contribution in [-0.4, -0.2) is 12.6 Å². The molecule has 2 nitrogen and oxygen atoms in total. The van der Waals surface area contributed by atoms with E-state index in [-0.39, 0.29) is 11.9 Å². The fraction of sp³-hybridized carbons (Fsp3) is 0.438. The van der Waals surface area contributed by atoms with Gasteiger partial charge in [0.05, 0.1) is 12.5 Å². The molecule has 2 heteroatoms. The van der Waals surface area contributed by atoms with Crippen LogP contribution in [0.4, 0.5) is 0 Å². The molecule has 0 fully saturated rings. The van der Waals surface area contributed by atoms with E-state index in [1.807, 2.05) is 37.3 Å². The van der Waals surface area contributed by atoms with E-state index >= 15 is 0 Å².